The van der Waals surface area contributed by atoms with Gasteiger partial charge in [0, 0.05) is 38.3 Å². The van der Waals surface area contributed by atoms with Gasteiger partial charge in [-0.25, -0.2) is 0 Å². The fraction of sp³-hybridized carbons (Fsp3) is 0.769. The van der Waals surface area contributed by atoms with Gasteiger partial charge in [0.1, 0.15) is 5.75 Å². The van der Waals surface area contributed by atoms with E-state index in [0.29, 0.717) is 23.8 Å². The summed E-state index contributed by atoms with van der Waals surface area (Å²) in [6.07, 6.45) is 8.56. The number of benzene rings is 1. The molecule has 0 aromatic heterocycles. The van der Waals surface area contributed by atoms with Gasteiger partial charge in [0.25, 0.3) is 0 Å². The number of hydrogen-bond acceptors (Lipinski definition) is 4. The second-order valence-corrected chi connectivity index (χ2v) is 10.6. The Balaban J connectivity index is 1.35. The number of hydrogen-bond donors (Lipinski definition) is 2. The molecule has 0 spiro atoms. The number of phenols is 1. The van der Waals surface area contributed by atoms with E-state index in [4.69, 9.17) is 0 Å². The Morgan fingerprint density at radius 1 is 1.10 bits per heavy atom. The molecule has 1 saturated heterocycles. The van der Waals surface area contributed by atoms with Gasteiger partial charge < -0.3 is 10.4 Å². The number of nitrogens with one attached hydrogen (secondary N) is 1. The van der Waals surface area contributed by atoms with E-state index < -0.39 is 0 Å². The molecule has 4 heteroatoms. The summed E-state index contributed by atoms with van der Waals surface area (Å²) in [6.45, 7) is 10.7. The molecular weight excluding hydrogens is 370 g/mol. The van der Waals surface area contributed by atoms with E-state index in [-0.39, 0.29) is 0 Å². The highest BCUT2D eigenvalue weighted by Gasteiger charge is 2.40. The monoisotopic (exact) mass is 413 g/mol. The van der Waals surface area contributed by atoms with Gasteiger partial charge in [-0.15, -0.1) is 0 Å². The molecule has 30 heavy (non-hydrogen) atoms. The van der Waals surface area contributed by atoms with E-state index in [2.05, 4.69) is 48.1 Å². The maximum absolute atomic E-state index is 9.60. The summed E-state index contributed by atoms with van der Waals surface area (Å²) < 4.78 is 0. The minimum absolute atomic E-state index is 0.355. The molecule has 3 fully saturated rings. The maximum atomic E-state index is 9.60. The highest BCUT2D eigenvalue weighted by molar-refractivity contribution is 5.26. The first-order chi connectivity index (χ1) is 14.5. The highest BCUT2D eigenvalue weighted by atomic mass is 16.3. The first-order valence-electron chi connectivity index (χ1n) is 12.4. The molecule has 1 heterocycles. The quantitative estimate of drug-likeness (QED) is 0.642. The van der Waals surface area contributed by atoms with Crippen LogP contribution in [-0.2, 0) is 6.42 Å². The Bertz CT molecular complexity index is 661. The normalized spacial score (nSPS) is 30.9. The summed E-state index contributed by atoms with van der Waals surface area (Å²) >= 11 is 0. The summed E-state index contributed by atoms with van der Waals surface area (Å²) in [5, 5.41) is 13.0. The number of aromatic hydroxyl groups is 1. The summed E-state index contributed by atoms with van der Waals surface area (Å²) in [5.41, 5.74) is 1.31. The van der Waals surface area contributed by atoms with Crippen molar-refractivity contribution in [1.29, 1.82) is 0 Å². The summed E-state index contributed by atoms with van der Waals surface area (Å²) in [5.74, 6) is 4.19. The number of likely N-dealkylation sites (N-methyl/N-ethyl adjacent to an activating group) is 1. The second kappa shape index (κ2) is 10.0. The van der Waals surface area contributed by atoms with Crippen molar-refractivity contribution >= 4 is 0 Å². The highest BCUT2D eigenvalue weighted by Crippen LogP contribution is 2.49. The van der Waals surface area contributed by atoms with Crippen LogP contribution in [0.2, 0.25) is 0 Å². The third-order valence-electron chi connectivity index (χ3n) is 8.37. The Labute approximate surface area is 184 Å². The van der Waals surface area contributed by atoms with Crippen molar-refractivity contribution in [2.45, 2.75) is 64.5 Å². The van der Waals surface area contributed by atoms with Crippen LogP contribution in [0.25, 0.3) is 0 Å². The van der Waals surface area contributed by atoms with Crippen LogP contribution in [0.15, 0.2) is 24.3 Å². The zero-order chi connectivity index (χ0) is 21.1. The minimum Gasteiger partial charge on any atom is -0.508 e. The third-order valence-corrected chi connectivity index (χ3v) is 8.37. The van der Waals surface area contributed by atoms with Gasteiger partial charge in [0.05, 0.1) is 0 Å². The van der Waals surface area contributed by atoms with E-state index in [1.165, 1.54) is 63.8 Å². The first-order valence-corrected chi connectivity index (χ1v) is 12.4. The molecule has 2 N–H and O–H groups in total. The zero-order valence-corrected chi connectivity index (χ0v) is 19.4. The predicted molar refractivity (Wildman–Crippen MR) is 125 cm³/mol. The second-order valence-electron chi connectivity index (χ2n) is 10.6. The van der Waals surface area contributed by atoms with E-state index >= 15 is 0 Å². The van der Waals surface area contributed by atoms with Gasteiger partial charge in [-0.2, -0.15) is 0 Å². The van der Waals surface area contributed by atoms with Crippen molar-refractivity contribution in [2.75, 3.05) is 39.8 Å². The van der Waals surface area contributed by atoms with Gasteiger partial charge >= 0.3 is 0 Å². The van der Waals surface area contributed by atoms with Crippen LogP contribution in [0.4, 0.5) is 0 Å². The molecule has 2 bridgehead atoms. The van der Waals surface area contributed by atoms with Crippen LogP contribution < -0.4 is 5.32 Å². The van der Waals surface area contributed by atoms with Crippen molar-refractivity contribution in [3.05, 3.63) is 29.8 Å². The van der Waals surface area contributed by atoms with Gasteiger partial charge in [0.2, 0.25) is 0 Å². The smallest absolute Gasteiger partial charge is 0.115 e. The molecule has 1 aliphatic heterocycles. The van der Waals surface area contributed by atoms with Crippen LogP contribution >= 0.6 is 0 Å². The van der Waals surface area contributed by atoms with Gasteiger partial charge in [-0.1, -0.05) is 32.4 Å². The van der Waals surface area contributed by atoms with Crippen molar-refractivity contribution < 1.29 is 5.11 Å². The molecular formula is C26H43N3O. The fourth-order valence-corrected chi connectivity index (χ4v) is 6.64. The van der Waals surface area contributed by atoms with Crippen LogP contribution in [0, 0.1) is 23.7 Å². The molecule has 1 aromatic rings. The minimum atomic E-state index is 0.355. The maximum Gasteiger partial charge on any atom is 0.115 e. The topological polar surface area (TPSA) is 38.7 Å². The lowest BCUT2D eigenvalue weighted by Crippen LogP contribution is -2.59. The van der Waals surface area contributed by atoms with E-state index in [1.807, 2.05) is 12.1 Å². The first kappa shape index (κ1) is 22.1. The number of nitrogens with zero attached hydrogens (tertiary/aromatic N) is 2. The molecule has 4 nitrogen and oxygen atoms in total. The summed E-state index contributed by atoms with van der Waals surface area (Å²) in [4.78, 5) is 5.55. The molecule has 0 radical (unpaired) electrons. The SMILES string of the molecule is CNC[C@H](Cc1ccc(O)cc1)N1CCN(CCC2CC3CCC2C3)[C@@H](C(C)C)C1. The Morgan fingerprint density at radius 2 is 1.90 bits per heavy atom. The summed E-state index contributed by atoms with van der Waals surface area (Å²) in [6, 6.07) is 8.95. The van der Waals surface area contributed by atoms with E-state index in [1.54, 1.807) is 0 Å². The Kier molecular flexibility index (Phi) is 7.38. The van der Waals surface area contributed by atoms with Gasteiger partial charge in [-0.05, 0) is 87.1 Å². The largest absolute Gasteiger partial charge is 0.508 e. The third kappa shape index (κ3) is 5.20. The fourth-order valence-electron chi connectivity index (χ4n) is 6.64. The van der Waals surface area contributed by atoms with E-state index in [9.17, 15) is 5.11 Å². The van der Waals surface area contributed by atoms with Gasteiger partial charge in [0.15, 0.2) is 0 Å². The molecule has 4 rings (SSSR count). The van der Waals surface area contributed by atoms with E-state index in [0.717, 1.165) is 30.7 Å². The molecule has 2 aliphatic carbocycles. The summed E-state index contributed by atoms with van der Waals surface area (Å²) in [7, 11) is 2.06. The van der Waals surface area contributed by atoms with Crippen LogP contribution in [0.3, 0.4) is 0 Å². The molecule has 2 saturated carbocycles. The molecule has 0 amide bonds. The van der Waals surface area contributed by atoms with Gasteiger partial charge in [-0.3, -0.25) is 9.80 Å². The lowest BCUT2D eigenvalue weighted by atomic mass is 9.86. The van der Waals surface area contributed by atoms with Crippen molar-refractivity contribution in [3.8, 4) is 5.75 Å². The Hall–Kier alpha value is -1.10. The average molecular weight is 414 g/mol. The zero-order valence-electron chi connectivity index (χ0n) is 19.4. The molecule has 5 atom stereocenters. The molecule has 3 aliphatic rings. The number of rotatable bonds is 9. The van der Waals surface area contributed by atoms with Crippen LogP contribution in [-0.4, -0.2) is 66.8 Å². The van der Waals surface area contributed by atoms with Crippen molar-refractivity contribution in [3.63, 3.8) is 0 Å². The molecule has 168 valence electrons. The number of fused-ring (bicyclic) bond motifs is 2. The molecule has 1 aromatic carbocycles. The van der Waals surface area contributed by atoms with Crippen LogP contribution in [0.5, 0.6) is 5.75 Å². The van der Waals surface area contributed by atoms with Crippen molar-refractivity contribution in [2.24, 2.45) is 23.7 Å². The van der Waals surface area contributed by atoms with Crippen LogP contribution in [0.1, 0.15) is 51.5 Å². The number of piperazine rings is 1. The lowest BCUT2D eigenvalue weighted by molar-refractivity contribution is 0.0229. The number of phenolic OH excluding ortho intramolecular Hbond substituents is 1. The average Bonchev–Trinajstić information content (AvgIpc) is 3.37. The Morgan fingerprint density at radius 3 is 2.53 bits per heavy atom. The predicted octanol–water partition coefficient (Wildman–Crippen LogP) is 3.99. The lowest BCUT2D eigenvalue weighted by Gasteiger charge is -2.46. The standard InChI is InChI=1S/C26H43N3O/c1-19(2)26-18-29(24(17-27-3)16-20-5-8-25(30)9-6-20)13-12-28(26)11-10-23-15-21-4-7-22(23)14-21/h5-6,8-9,19,21-24,26-27,30H,4,7,10-18H2,1-3H3/t21?,22?,23?,24-,26+/m0/s1. The molecule has 3 unspecified atom stereocenters. The van der Waals surface area contributed by atoms with Crippen molar-refractivity contribution in [1.82, 2.24) is 15.1 Å².